The first-order valence-corrected chi connectivity index (χ1v) is 8.72. The Kier molecular flexibility index (Phi) is 7.28. The molecular formula is C20H22F3NO4. The quantitative estimate of drug-likeness (QED) is 0.662. The van der Waals surface area contributed by atoms with E-state index in [1.165, 1.54) is 12.1 Å². The van der Waals surface area contributed by atoms with Gasteiger partial charge in [0.25, 0.3) is 0 Å². The van der Waals surface area contributed by atoms with Gasteiger partial charge in [-0.05, 0) is 62.4 Å². The van der Waals surface area contributed by atoms with Gasteiger partial charge < -0.3 is 19.9 Å². The van der Waals surface area contributed by atoms with Crippen LogP contribution in [0, 0.1) is 0 Å². The number of rotatable bonds is 8. The van der Waals surface area contributed by atoms with Gasteiger partial charge in [-0.1, -0.05) is 0 Å². The fourth-order valence-electron chi connectivity index (χ4n) is 2.31. The minimum Gasteiger partial charge on any atom is -0.489 e. The molecule has 0 fully saturated rings. The van der Waals surface area contributed by atoms with Gasteiger partial charge in [-0.2, -0.15) is 13.2 Å². The molecule has 2 aromatic rings. The number of halogens is 3. The number of esters is 1. The number of carbonyl (C=O) groups is 1. The van der Waals surface area contributed by atoms with Crippen LogP contribution in [0.3, 0.4) is 0 Å². The average Bonchev–Trinajstić information content (AvgIpc) is 2.63. The number of benzene rings is 2. The Morgan fingerprint density at radius 1 is 1.00 bits per heavy atom. The van der Waals surface area contributed by atoms with E-state index in [2.05, 4.69) is 0 Å². The summed E-state index contributed by atoms with van der Waals surface area (Å²) in [5, 5.41) is 0. The van der Waals surface area contributed by atoms with Crippen molar-refractivity contribution in [3.63, 3.8) is 0 Å². The summed E-state index contributed by atoms with van der Waals surface area (Å²) in [6.07, 6.45) is -4.77. The number of ether oxygens (including phenoxy) is 3. The first-order chi connectivity index (χ1) is 13.2. The van der Waals surface area contributed by atoms with Gasteiger partial charge >= 0.3 is 12.1 Å². The average molecular weight is 397 g/mol. The van der Waals surface area contributed by atoms with E-state index in [1.54, 1.807) is 38.1 Å². The van der Waals surface area contributed by atoms with Crippen LogP contribution in [-0.4, -0.2) is 24.7 Å². The van der Waals surface area contributed by atoms with Crippen LogP contribution in [0.25, 0.3) is 0 Å². The number of hydrogen-bond donors (Lipinski definition) is 1. The van der Waals surface area contributed by atoms with E-state index in [1.807, 2.05) is 0 Å². The van der Waals surface area contributed by atoms with E-state index < -0.39 is 23.9 Å². The molecule has 0 saturated carbocycles. The van der Waals surface area contributed by atoms with Crippen molar-refractivity contribution in [1.29, 1.82) is 0 Å². The Hall–Kier alpha value is -2.74. The van der Waals surface area contributed by atoms with Gasteiger partial charge in [0.1, 0.15) is 23.4 Å². The minimum atomic E-state index is -4.39. The van der Waals surface area contributed by atoms with Crippen molar-refractivity contribution in [2.24, 2.45) is 5.73 Å². The summed E-state index contributed by atoms with van der Waals surface area (Å²) in [6, 6.07) is 10.4. The summed E-state index contributed by atoms with van der Waals surface area (Å²) in [4.78, 5) is 11.5. The fraction of sp³-hybridized carbons (Fsp3) is 0.350. The highest BCUT2D eigenvalue weighted by atomic mass is 19.4. The molecule has 2 unspecified atom stereocenters. The van der Waals surface area contributed by atoms with Gasteiger partial charge in [-0.25, -0.2) is 0 Å². The molecule has 2 aromatic carbocycles. The second kappa shape index (κ2) is 9.45. The molecule has 0 aliphatic carbocycles. The van der Waals surface area contributed by atoms with Gasteiger partial charge in [0.15, 0.2) is 0 Å². The highest BCUT2D eigenvalue weighted by Gasteiger charge is 2.30. The lowest BCUT2D eigenvalue weighted by Gasteiger charge is -2.21. The van der Waals surface area contributed by atoms with Gasteiger partial charge in [-0.3, -0.25) is 4.79 Å². The zero-order valence-corrected chi connectivity index (χ0v) is 15.5. The zero-order valence-electron chi connectivity index (χ0n) is 15.5. The highest BCUT2D eigenvalue weighted by Crippen LogP contribution is 2.31. The summed E-state index contributed by atoms with van der Waals surface area (Å²) in [5.41, 5.74) is 5.20. The molecule has 0 saturated heterocycles. The standard InChI is InChI=1S/C20H22F3NO4/c1-3-26-19(25)12-18(24)13(2)27-15-8-10-17(11-9-15)28-16-6-4-14(5-7-16)20(21,22)23/h4-11,13,18H,3,12,24H2,1-2H3. The van der Waals surface area contributed by atoms with Gasteiger partial charge in [0.05, 0.1) is 24.6 Å². The van der Waals surface area contributed by atoms with Crippen LogP contribution in [0.2, 0.25) is 0 Å². The summed E-state index contributed by atoms with van der Waals surface area (Å²) in [6.45, 7) is 3.76. The van der Waals surface area contributed by atoms with Crippen LogP contribution in [0.1, 0.15) is 25.8 Å². The highest BCUT2D eigenvalue weighted by molar-refractivity contribution is 5.70. The molecule has 0 amide bonds. The molecule has 0 aliphatic rings. The molecule has 2 atom stereocenters. The molecule has 0 aliphatic heterocycles. The topological polar surface area (TPSA) is 70.8 Å². The minimum absolute atomic E-state index is 0.0458. The van der Waals surface area contributed by atoms with Crippen LogP contribution in [0.5, 0.6) is 17.2 Å². The maximum absolute atomic E-state index is 12.6. The van der Waals surface area contributed by atoms with E-state index in [-0.39, 0.29) is 18.1 Å². The molecule has 0 radical (unpaired) electrons. The van der Waals surface area contributed by atoms with Crippen molar-refractivity contribution in [2.45, 2.75) is 38.6 Å². The molecule has 2 N–H and O–H groups in total. The van der Waals surface area contributed by atoms with E-state index >= 15 is 0 Å². The third kappa shape index (κ3) is 6.45. The zero-order chi connectivity index (χ0) is 20.7. The van der Waals surface area contributed by atoms with Crippen molar-refractivity contribution in [1.82, 2.24) is 0 Å². The predicted molar refractivity (Wildman–Crippen MR) is 97.3 cm³/mol. The largest absolute Gasteiger partial charge is 0.489 e. The van der Waals surface area contributed by atoms with Crippen molar-refractivity contribution in [3.05, 3.63) is 54.1 Å². The van der Waals surface area contributed by atoms with Crippen LogP contribution in [0.15, 0.2) is 48.5 Å². The summed E-state index contributed by atoms with van der Waals surface area (Å²) >= 11 is 0. The SMILES string of the molecule is CCOC(=O)CC(N)C(C)Oc1ccc(Oc2ccc(C(F)(F)F)cc2)cc1. The number of hydrogen-bond acceptors (Lipinski definition) is 5. The fourth-order valence-corrected chi connectivity index (χ4v) is 2.31. The smallest absolute Gasteiger partial charge is 0.416 e. The summed E-state index contributed by atoms with van der Waals surface area (Å²) in [5.74, 6) is 0.861. The Morgan fingerprint density at radius 2 is 1.50 bits per heavy atom. The Balaban J connectivity index is 1.91. The van der Waals surface area contributed by atoms with Crippen molar-refractivity contribution in [2.75, 3.05) is 6.61 Å². The van der Waals surface area contributed by atoms with Crippen molar-refractivity contribution < 1.29 is 32.2 Å². The maximum Gasteiger partial charge on any atom is 0.416 e. The number of alkyl halides is 3. The molecule has 28 heavy (non-hydrogen) atoms. The maximum atomic E-state index is 12.6. The van der Waals surface area contributed by atoms with E-state index in [9.17, 15) is 18.0 Å². The van der Waals surface area contributed by atoms with E-state index in [0.29, 0.717) is 18.1 Å². The molecule has 0 heterocycles. The summed E-state index contributed by atoms with van der Waals surface area (Å²) < 4.78 is 53.8. The molecule has 0 bridgehead atoms. The molecule has 2 rings (SSSR count). The number of nitrogens with two attached hydrogens (primary N) is 1. The second-order valence-electron chi connectivity index (χ2n) is 6.09. The number of carbonyl (C=O) groups excluding carboxylic acids is 1. The third-order valence-electron chi connectivity index (χ3n) is 3.87. The van der Waals surface area contributed by atoms with Gasteiger partial charge in [0.2, 0.25) is 0 Å². The lowest BCUT2D eigenvalue weighted by molar-refractivity contribution is -0.144. The third-order valence-corrected chi connectivity index (χ3v) is 3.87. The predicted octanol–water partition coefficient (Wildman–Crippen LogP) is 4.55. The second-order valence-corrected chi connectivity index (χ2v) is 6.09. The molecule has 5 nitrogen and oxygen atoms in total. The normalized spacial score (nSPS) is 13.5. The lowest BCUT2D eigenvalue weighted by atomic mass is 10.1. The van der Waals surface area contributed by atoms with Crippen LogP contribution in [-0.2, 0) is 15.7 Å². The van der Waals surface area contributed by atoms with Gasteiger partial charge in [0, 0.05) is 0 Å². The molecule has 0 spiro atoms. The van der Waals surface area contributed by atoms with Crippen LogP contribution < -0.4 is 15.2 Å². The van der Waals surface area contributed by atoms with Crippen molar-refractivity contribution in [3.8, 4) is 17.2 Å². The van der Waals surface area contributed by atoms with Crippen molar-refractivity contribution >= 4 is 5.97 Å². The Morgan fingerprint density at radius 3 is 2.00 bits per heavy atom. The molecular weight excluding hydrogens is 375 g/mol. The first-order valence-electron chi connectivity index (χ1n) is 8.72. The molecule has 8 heteroatoms. The molecule has 0 aromatic heterocycles. The monoisotopic (exact) mass is 397 g/mol. The van der Waals surface area contributed by atoms with E-state index in [4.69, 9.17) is 19.9 Å². The van der Waals surface area contributed by atoms with Gasteiger partial charge in [-0.15, -0.1) is 0 Å². The Bertz CT molecular complexity index is 761. The first kappa shape index (κ1) is 21.6. The van der Waals surface area contributed by atoms with E-state index in [0.717, 1.165) is 12.1 Å². The summed E-state index contributed by atoms with van der Waals surface area (Å²) in [7, 11) is 0. The lowest BCUT2D eigenvalue weighted by Crippen LogP contribution is -2.38. The van der Waals surface area contributed by atoms with Crippen LogP contribution >= 0.6 is 0 Å². The Labute approximate surface area is 161 Å². The van der Waals surface area contributed by atoms with Crippen LogP contribution in [0.4, 0.5) is 13.2 Å². The molecule has 152 valence electrons.